The standard InChI is InChI=1S/C27H30F6O/c1-3-4-19-7-12-22(13-8-19)23-14-9-20(10-15-23)5-6-21-11-16-24(18(2)17-21)34-27(32,33)25(28)26(29,30)31/h5-8,11-13,16-17,20,23,25H,3-4,9-10,14-15H2,1-2H3. The summed E-state index contributed by atoms with van der Waals surface area (Å²) in [6.07, 6.45) is -4.65. The van der Waals surface area contributed by atoms with Gasteiger partial charge in [-0.2, -0.15) is 22.0 Å². The smallest absolute Gasteiger partial charge is 0.430 e. The van der Waals surface area contributed by atoms with E-state index in [1.807, 2.05) is 6.08 Å². The van der Waals surface area contributed by atoms with E-state index in [-0.39, 0.29) is 5.56 Å². The maximum Gasteiger partial charge on any atom is 0.439 e. The molecule has 2 aromatic rings. The van der Waals surface area contributed by atoms with Gasteiger partial charge in [-0.25, -0.2) is 4.39 Å². The molecule has 1 unspecified atom stereocenters. The van der Waals surface area contributed by atoms with Crippen molar-refractivity contribution < 1.29 is 31.1 Å². The largest absolute Gasteiger partial charge is 0.439 e. The molecule has 0 radical (unpaired) electrons. The molecule has 1 saturated carbocycles. The van der Waals surface area contributed by atoms with Crippen LogP contribution in [0.4, 0.5) is 26.3 Å². The highest BCUT2D eigenvalue weighted by Crippen LogP contribution is 2.38. The zero-order valence-corrected chi connectivity index (χ0v) is 19.3. The van der Waals surface area contributed by atoms with Crippen molar-refractivity contribution in [2.24, 2.45) is 5.92 Å². The molecule has 1 aliphatic carbocycles. The molecule has 0 N–H and O–H groups in total. The third-order valence-corrected chi connectivity index (χ3v) is 6.35. The van der Waals surface area contributed by atoms with Gasteiger partial charge >= 0.3 is 12.3 Å². The Morgan fingerprint density at radius 2 is 1.62 bits per heavy atom. The molecular weight excluding hydrogens is 454 g/mol. The molecule has 1 atom stereocenters. The monoisotopic (exact) mass is 484 g/mol. The van der Waals surface area contributed by atoms with E-state index in [9.17, 15) is 26.3 Å². The van der Waals surface area contributed by atoms with Gasteiger partial charge in [-0.1, -0.05) is 55.8 Å². The summed E-state index contributed by atoms with van der Waals surface area (Å²) in [5.74, 6) is 0.464. The molecule has 0 aliphatic heterocycles. The van der Waals surface area contributed by atoms with Crippen molar-refractivity contribution in [3.63, 3.8) is 0 Å². The minimum absolute atomic E-state index is 0.200. The summed E-state index contributed by atoms with van der Waals surface area (Å²) < 4.78 is 81.2. The first kappa shape index (κ1) is 26.2. The molecule has 1 fully saturated rings. The van der Waals surface area contributed by atoms with E-state index in [2.05, 4.69) is 42.0 Å². The number of aryl methyl sites for hydroxylation is 2. The highest BCUT2D eigenvalue weighted by molar-refractivity contribution is 5.53. The SMILES string of the molecule is CCCc1ccc(C2CCC(C=Cc3ccc(OC(F)(F)C(F)C(F)(F)F)c(C)c3)CC2)cc1. The number of hydrogen-bond acceptors (Lipinski definition) is 1. The van der Waals surface area contributed by atoms with E-state index in [0.717, 1.165) is 50.2 Å². The van der Waals surface area contributed by atoms with E-state index in [4.69, 9.17) is 0 Å². The molecule has 7 heteroatoms. The topological polar surface area (TPSA) is 9.23 Å². The van der Waals surface area contributed by atoms with Gasteiger partial charge < -0.3 is 4.74 Å². The lowest BCUT2D eigenvalue weighted by atomic mass is 9.78. The van der Waals surface area contributed by atoms with Crippen LogP contribution in [0, 0.1) is 12.8 Å². The number of allylic oxidation sites excluding steroid dienone is 1. The van der Waals surface area contributed by atoms with E-state index in [1.54, 1.807) is 0 Å². The lowest BCUT2D eigenvalue weighted by Gasteiger charge is -2.27. The van der Waals surface area contributed by atoms with Gasteiger partial charge in [0.1, 0.15) is 5.75 Å². The summed E-state index contributed by atoms with van der Waals surface area (Å²) in [7, 11) is 0. The van der Waals surface area contributed by atoms with Crippen LogP contribution in [-0.4, -0.2) is 18.5 Å². The summed E-state index contributed by atoms with van der Waals surface area (Å²) in [4.78, 5) is 0. The van der Waals surface area contributed by atoms with Crippen LogP contribution >= 0.6 is 0 Å². The fourth-order valence-corrected chi connectivity index (χ4v) is 4.42. The number of benzene rings is 2. The molecule has 1 aliphatic rings. The summed E-state index contributed by atoms with van der Waals surface area (Å²) >= 11 is 0. The Morgan fingerprint density at radius 3 is 2.18 bits per heavy atom. The van der Waals surface area contributed by atoms with Crippen LogP contribution in [-0.2, 0) is 6.42 Å². The zero-order valence-electron chi connectivity index (χ0n) is 19.3. The van der Waals surface area contributed by atoms with Crippen LogP contribution in [0.25, 0.3) is 6.08 Å². The van der Waals surface area contributed by atoms with Gasteiger partial charge in [-0.15, -0.1) is 0 Å². The number of halogens is 6. The number of rotatable bonds is 8. The Kier molecular flexibility index (Phi) is 8.37. The number of alkyl halides is 6. The second-order valence-electron chi connectivity index (χ2n) is 9.06. The lowest BCUT2D eigenvalue weighted by Crippen LogP contribution is -2.45. The number of hydrogen-bond donors (Lipinski definition) is 0. The van der Waals surface area contributed by atoms with E-state index >= 15 is 0 Å². The molecule has 0 amide bonds. The average molecular weight is 485 g/mol. The molecule has 1 nitrogen and oxygen atoms in total. The molecule has 2 aromatic carbocycles. The Hall–Kier alpha value is -2.44. The van der Waals surface area contributed by atoms with Gasteiger partial charge in [-0.05, 0) is 85.3 Å². The highest BCUT2D eigenvalue weighted by Gasteiger charge is 2.59. The summed E-state index contributed by atoms with van der Waals surface area (Å²) in [6.45, 7) is 3.60. The Bertz CT molecular complexity index is 956. The van der Waals surface area contributed by atoms with Crippen LogP contribution in [0.15, 0.2) is 48.5 Å². The maximum absolute atomic E-state index is 13.5. The van der Waals surface area contributed by atoms with Crippen LogP contribution in [0.5, 0.6) is 5.75 Å². The van der Waals surface area contributed by atoms with Gasteiger partial charge in [-0.3, -0.25) is 0 Å². The van der Waals surface area contributed by atoms with Crippen molar-refractivity contribution in [2.45, 2.75) is 76.7 Å². The van der Waals surface area contributed by atoms with E-state index in [0.29, 0.717) is 11.8 Å². The molecular formula is C27H30F6O. The van der Waals surface area contributed by atoms with Crippen molar-refractivity contribution in [1.29, 1.82) is 0 Å². The van der Waals surface area contributed by atoms with Crippen LogP contribution in [0.3, 0.4) is 0 Å². The van der Waals surface area contributed by atoms with Gasteiger partial charge in [0.2, 0.25) is 0 Å². The van der Waals surface area contributed by atoms with Gasteiger partial charge in [0.15, 0.2) is 0 Å². The predicted octanol–water partition coefficient (Wildman–Crippen LogP) is 8.81. The molecule has 3 rings (SSSR count). The van der Waals surface area contributed by atoms with Crippen molar-refractivity contribution in [2.75, 3.05) is 0 Å². The van der Waals surface area contributed by atoms with Gasteiger partial charge in [0, 0.05) is 0 Å². The van der Waals surface area contributed by atoms with Crippen molar-refractivity contribution in [3.05, 3.63) is 70.8 Å². The van der Waals surface area contributed by atoms with Crippen LogP contribution in [0.2, 0.25) is 0 Å². The first-order valence-electron chi connectivity index (χ1n) is 11.6. The van der Waals surface area contributed by atoms with Crippen molar-refractivity contribution >= 4 is 6.08 Å². The third-order valence-electron chi connectivity index (χ3n) is 6.35. The Balaban J connectivity index is 1.56. The first-order chi connectivity index (χ1) is 16.0. The first-order valence-corrected chi connectivity index (χ1v) is 11.6. The summed E-state index contributed by atoms with van der Waals surface area (Å²) in [5, 5.41) is 0. The Labute approximate surface area is 196 Å². The average Bonchev–Trinajstić information content (AvgIpc) is 2.79. The van der Waals surface area contributed by atoms with Gasteiger partial charge in [0.05, 0.1) is 0 Å². The van der Waals surface area contributed by atoms with Gasteiger partial charge in [0.25, 0.3) is 6.17 Å². The fraction of sp³-hybridized carbons (Fsp3) is 0.481. The second kappa shape index (κ2) is 10.9. The molecule has 34 heavy (non-hydrogen) atoms. The second-order valence-corrected chi connectivity index (χ2v) is 9.06. The zero-order chi connectivity index (χ0) is 24.9. The van der Waals surface area contributed by atoms with E-state index in [1.165, 1.54) is 30.2 Å². The fourth-order valence-electron chi connectivity index (χ4n) is 4.42. The molecule has 0 spiro atoms. The minimum atomic E-state index is -5.71. The minimum Gasteiger partial charge on any atom is -0.430 e. The normalized spacial score (nSPS) is 20.5. The Morgan fingerprint density at radius 1 is 0.971 bits per heavy atom. The van der Waals surface area contributed by atoms with E-state index < -0.39 is 24.2 Å². The molecule has 186 valence electrons. The maximum atomic E-state index is 13.5. The molecule has 0 saturated heterocycles. The van der Waals surface area contributed by atoms with Crippen LogP contribution in [0.1, 0.15) is 67.2 Å². The van der Waals surface area contributed by atoms with Crippen molar-refractivity contribution in [1.82, 2.24) is 0 Å². The predicted molar refractivity (Wildman–Crippen MR) is 122 cm³/mol. The summed E-state index contributed by atoms with van der Waals surface area (Å²) in [5.41, 5.74) is 3.66. The lowest BCUT2D eigenvalue weighted by molar-refractivity contribution is -0.305. The summed E-state index contributed by atoms with van der Waals surface area (Å²) in [6, 6.07) is 13.1. The quantitative estimate of drug-likeness (QED) is 0.340. The molecule has 0 heterocycles. The molecule has 0 aromatic heterocycles. The third kappa shape index (κ3) is 6.80. The van der Waals surface area contributed by atoms with Crippen molar-refractivity contribution in [3.8, 4) is 5.75 Å². The highest BCUT2D eigenvalue weighted by atomic mass is 19.4. The molecule has 0 bridgehead atoms. The van der Waals surface area contributed by atoms with Crippen LogP contribution < -0.4 is 4.74 Å². The number of ether oxygens (including phenoxy) is 1.